The summed E-state index contributed by atoms with van der Waals surface area (Å²) in [5, 5.41) is 10.6. The first-order valence-electron chi connectivity index (χ1n) is 5.25. The Morgan fingerprint density at radius 3 is 2.69 bits per heavy atom. The standard InChI is InChI=1S/C10H13F2N3O/c11-10(12)16-9-5-4-8(14-15-9)6-13-7-2-1-3-7/h4-5,7,10,13H,1-3,6H2. The lowest BCUT2D eigenvalue weighted by atomic mass is 9.93. The van der Waals surface area contributed by atoms with Crippen LogP contribution in [0.15, 0.2) is 12.1 Å². The Morgan fingerprint density at radius 1 is 1.38 bits per heavy atom. The van der Waals surface area contributed by atoms with Gasteiger partial charge in [0.05, 0.1) is 5.69 Å². The summed E-state index contributed by atoms with van der Waals surface area (Å²) >= 11 is 0. The molecule has 0 aliphatic heterocycles. The smallest absolute Gasteiger partial charge is 0.388 e. The highest BCUT2D eigenvalue weighted by Gasteiger charge is 2.16. The van der Waals surface area contributed by atoms with Crippen LogP contribution in [0, 0.1) is 0 Å². The second kappa shape index (κ2) is 5.16. The highest BCUT2D eigenvalue weighted by atomic mass is 19.3. The van der Waals surface area contributed by atoms with Crippen LogP contribution in [0.1, 0.15) is 25.0 Å². The topological polar surface area (TPSA) is 47.0 Å². The molecular weight excluding hydrogens is 216 g/mol. The maximum atomic E-state index is 11.8. The van der Waals surface area contributed by atoms with Crippen LogP contribution in [0.4, 0.5) is 8.78 Å². The number of ether oxygens (including phenoxy) is 1. The summed E-state index contributed by atoms with van der Waals surface area (Å²) in [6.07, 6.45) is 3.66. The van der Waals surface area contributed by atoms with Crippen molar-refractivity contribution >= 4 is 0 Å². The Bertz CT molecular complexity index is 327. The molecule has 1 aromatic rings. The van der Waals surface area contributed by atoms with Crippen LogP contribution < -0.4 is 10.1 Å². The molecule has 1 N–H and O–H groups in total. The van der Waals surface area contributed by atoms with Gasteiger partial charge in [-0.1, -0.05) is 6.42 Å². The van der Waals surface area contributed by atoms with Gasteiger partial charge in [-0.3, -0.25) is 0 Å². The average Bonchev–Trinajstić information content (AvgIpc) is 2.17. The van der Waals surface area contributed by atoms with E-state index in [1.807, 2.05) is 0 Å². The van der Waals surface area contributed by atoms with E-state index >= 15 is 0 Å². The molecule has 1 aromatic heterocycles. The molecule has 1 fully saturated rings. The van der Waals surface area contributed by atoms with E-state index in [4.69, 9.17) is 0 Å². The summed E-state index contributed by atoms with van der Waals surface area (Å²) in [5.74, 6) is -0.151. The summed E-state index contributed by atoms with van der Waals surface area (Å²) in [6.45, 7) is -2.24. The first kappa shape index (κ1) is 11.2. The van der Waals surface area contributed by atoms with Crippen LogP contribution in [0.5, 0.6) is 5.88 Å². The van der Waals surface area contributed by atoms with E-state index < -0.39 is 6.61 Å². The lowest BCUT2D eigenvalue weighted by molar-refractivity contribution is -0.0534. The number of rotatable bonds is 5. The van der Waals surface area contributed by atoms with Gasteiger partial charge in [-0.2, -0.15) is 13.9 Å². The highest BCUT2D eigenvalue weighted by molar-refractivity contribution is 5.11. The summed E-state index contributed by atoms with van der Waals surface area (Å²) in [4.78, 5) is 0. The van der Waals surface area contributed by atoms with Gasteiger partial charge in [-0.25, -0.2) is 0 Å². The SMILES string of the molecule is FC(F)Oc1ccc(CNC2CCC2)nn1. The molecule has 2 rings (SSSR count). The fourth-order valence-electron chi connectivity index (χ4n) is 1.46. The van der Waals surface area contributed by atoms with Crippen LogP contribution in [0.3, 0.4) is 0 Å². The fourth-order valence-corrected chi connectivity index (χ4v) is 1.46. The van der Waals surface area contributed by atoms with Crippen molar-refractivity contribution in [2.75, 3.05) is 0 Å². The minimum absolute atomic E-state index is 0.151. The Labute approximate surface area is 92.0 Å². The van der Waals surface area contributed by atoms with Gasteiger partial charge in [0.15, 0.2) is 0 Å². The number of aromatic nitrogens is 2. The molecule has 1 heterocycles. The first-order valence-corrected chi connectivity index (χ1v) is 5.25. The molecule has 88 valence electrons. The molecule has 6 heteroatoms. The third kappa shape index (κ3) is 3.10. The fraction of sp³-hybridized carbons (Fsp3) is 0.600. The largest absolute Gasteiger partial charge is 0.415 e. The summed E-state index contributed by atoms with van der Waals surface area (Å²) in [5.41, 5.74) is 0.730. The second-order valence-corrected chi connectivity index (χ2v) is 3.75. The van der Waals surface area contributed by atoms with Crippen molar-refractivity contribution in [3.63, 3.8) is 0 Å². The average molecular weight is 229 g/mol. The Balaban J connectivity index is 1.81. The number of alkyl halides is 2. The number of halogens is 2. The van der Waals surface area contributed by atoms with E-state index in [1.54, 1.807) is 6.07 Å². The van der Waals surface area contributed by atoms with Crippen molar-refractivity contribution in [3.8, 4) is 5.88 Å². The third-order valence-electron chi connectivity index (χ3n) is 2.58. The van der Waals surface area contributed by atoms with Gasteiger partial charge >= 0.3 is 6.61 Å². The van der Waals surface area contributed by atoms with Gasteiger partial charge in [0.25, 0.3) is 0 Å². The van der Waals surface area contributed by atoms with Crippen molar-refractivity contribution in [3.05, 3.63) is 17.8 Å². The highest BCUT2D eigenvalue weighted by Crippen LogP contribution is 2.18. The zero-order valence-electron chi connectivity index (χ0n) is 8.70. The quantitative estimate of drug-likeness (QED) is 0.835. The van der Waals surface area contributed by atoms with Gasteiger partial charge in [0.2, 0.25) is 5.88 Å². The van der Waals surface area contributed by atoms with Crippen molar-refractivity contribution in [2.45, 2.75) is 38.5 Å². The van der Waals surface area contributed by atoms with Gasteiger partial charge < -0.3 is 10.1 Å². The van der Waals surface area contributed by atoms with E-state index in [9.17, 15) is 8.78 Å². The molecule has 0 spiro atoms. The van der Waals surface area contributed by atoms with Crippen molar-refractivity contribution < 1.29 is 13.5 Å². The molecule has 0 atom stereocenters. The van der Waals surface area contributed by atoms with E-state index in [0.29, 0.717) is 12.6 Å². The molecule has 0 saturated heterocycles. The first-order chi connectivity index (χ1) is 7.74. The molecule has 16 heavy (non-hydrogen) atoms. The van der Waals surface area contributed by atoms with Gasteiger partial charge in [0, 0.05) is 18.7 Å². The van der Waals surface area contributed by atoms with E-state index in [-0.39, 0.29) is 5.88 Å². The molecule has 4 nitrogen and oxygen atoms in total. The van der Waals surface area contributed by atoms with Gasteiger partial charge in [-0.15, -0.1) is 5.10 Å². The Kier molecular flexibility index (Phi) is 3.61. The normalized spacial score (nSPS) is 16.2. The number of nitrogens with one attached hydrogen (secondary N) is 1. The van der Waals surface area contributed by atoms with Crippen LogP contribution >= 0.6 is 0 Å². The molecular formula is C10H13F2N3O. The van der Waals surface area contributed by atoms with Crippen LogP contribution in [-0.4, -0.2) is 22.9 Å². The minimum Gasteiger partial charge on any atom is -0.415 e. The lowest BCUT2D eigenvalue weighted by Crippen LogP contribution is -2.34. The third-order valence-corrected chi connectivity index (χ3v) is 2.58. The predicted octanol–water partition coefficient (Wildman–Crippen LogP) is 1.72. The molecule has 0 bridgehead atoms. The number of hydrogen-bond donors (Lipinski definition) is 1. The van der Waals surface area contributed by atoms with Crippen molar-refractivity contribution in [1.82, 2.24) is 15.5 Å². The Morgan fingerprint density at radius 2 is 2.19 bits per heavy atom. The van der Waals surface area contributed by atoms with Crippen LogP contribution in [0.2, 0.25) is 0 Å². The summed E-state index contributed by atoms with van der Waals surface area (Å²) in [6, 6.07) is 3.60. The van der Waals surface area contributed by atoms with Gasteiger partial charge in [-0.05, 0) is 18.9 Å². The monoisotopic (exact) mass is 229 g/mol. The molecule has 1 aliphatic rings. The summed E-state index contributed by atoms with van der Waals surface area (Å²) in [7, 11) is 0. The summed E-state index contributed by atoms with van der Waals surface area (Å²) < 4.78 is 27.8. The maximum Gasteiger partial charge on any atom is 0.388 e. The molecule has 1 saturated carbocycles. The molecule has 0 aromatic carbocycles. The van der Waals surface area contributed by atoms with Gasteiger partial charge in [0.1, 0.15) is 0 Å². The molecule has 1 aliphatic carbocycles. The second-order valence-electron chi connectivity index (χ2n) is 3.75. The lowest BCUT2D eigenvalue weighted by Gasteiger charge is -2.26. The molecule has 0 radical (unpaired) electrons. The van der Waals surface area contributed by atoms with Crippen molar-refractivity contribution in [1.29, 1.82) is 0 Å². The maximum absolute atomic E-state index is 11.8. The molecule has 0 unspecified atom stereocenters. The van der Waals surface area contributed by atoms with Crippen LogP contribution in [-0.2, 0) is 6.54 Å². The minimum atomic E-state index is -2.85. The van der Waals surface area contributed by atoms with E-state index in [0.717, 1.165) is 5.69 Å². The number of hydrogen-bond acceptors (Lipinski definition) is 4. The van der Waals surface area contributed by atoms with Crippen LogP contribution in [0.25, 0.3) is 0 Å². The number of nitrogens with zero attached hydrogens (tertiary/aromatic N) is 2. The zero-order valence-corrected chi connectivity index (χ0v) is 8.70. The Hall–Kier alpha value is -1.30. The van der Waals surface area contributed by atoms with E-state index in [1.165, 1.54) is 25.3 Å². The predicted molar refractivity (Wildman–Crippen MR) is 53.1 cm³/mol. The van der Waals surface area contributed by atoms with Crippen molar-refractivity contribution in [2.24, 2.45) is 0 Å². The zero-order chi connectivity index (χ0) is 11.4. The molecule has 0 amide bonds. The van der Waals surface area contributed by atoms with E-state index in [2.05, 4.69) is 20.3 Å².